The highest BCUT2D eigenvalue weighted by atomic mass is 19.4. The molecule has 1 aliphatic carbocycles. The van der Waals surface area contributed by atoms with Gasteiger partial charge in [0, 0.05) is 57.2 Å². The number of halogens is 3. The SMILES string of the molecule is CN(C(=O)c1ccc2c(c1)C(N1C=CC=C(C(=O)O)C1C(F)(F)F)CC2)C1CCN(c2ccnc(N3CCCC3)n2)CC1. The van der Waals surface area contributed by atoms with E-state index < -0.39 is 29.8 Å². The minimum Gasteiger partial charge on any atom is -0.478 e. The van der Waals surface area contributed by atoms with Crippen molar-refractivity contribution in [3.05, 3.63) is 71.1 Å². The Morgan fingerprint density at radius 1 is 1.02 bits per heavy atom. The first-order chi connectivity index (χ1) is 20.6. The highest BCUT2D eigenvalue weighted by Gasteiger charge is 2.50. The molecule has 0 spiro atoms. The van der Waals surface area contributed by atoms with Crippen molar-refractivity contribution in [1.82, 2.24) is 19.8 Å². The monoisotopic (exact) mass is 596 g/mol. The quantitative estimate of drug-likeness (QED) is 0.519. The van der Waals surface area contributed by atoms with Gasteiger partial charge < -0.3 is 24.7 Å². The molecular weight excluding hydrogens is 561 g/mol. The topological polar surface area (TPSA) is 93.1 Å². The second-order valence-corrected chi connectivity index (χ2v) is 11.7. The number of hydrogen-bond acceptors (Lipinski definition) is 7. The van der Waals surface area contributed by atoms with Crippen LogP contribution in [0.25, 0.3) is 0 Å². The molecule has 2 unspecified atom stereocenters. The van der Waals surface area contributed by atoms with Crippen LogP contribution in [-0.2, 0) is 11.2 Å². The van der Waals surface area contributed by atoms with E-state index in [9.17, 15) is 27.9 Å². The molecular formula is C31H35F3N6O3. The standard InChI is InChI=1S/C31H35F3N6O3/c1-37(22-11-17-38(18-12-22)26-10-13-35-30(36-26)39-14-2-3-15-39)28(41)21-7-6-20-8-9-25(24(20)19-21)40-16-4-5-23(29(42)43)27(40)31(32,33)34/h4-7,10,13,16,19,22,25,27H,2-3,8-9,11-12,14-15,17-18H2,1H3,(H,42,43). The number of aryl methyl sites for hydroxylation is 1. The number of fused-ring (bicyclic) bond motifs is 1. The van der Waals surface area contributed by atoms with Crippen LogP contribution in [0.5, 0.6) is 0 Å². The van der Waals surface area contributed by atoms with Gasteiger partial charge in [-0.3, -0.25) is 4.79 Å². The normalized spacial score (nSPS) is 22.5. The second-order valence-electron chi connectivity index (χ2n) is 11.7. The van der Waals surface area contributed by atoms with Crippen LogP contribution in [0.15, 0.2) is 54.4 Å². The number of benzene rings is 1. The number of hydrogen-bond donors (Lipinski definition) is 1. The Balaban J connectivity index is 1.14. The molecule has 1 aromatic carbocycles. The van der Waals surface area contributed by atoms with E-state index in [4.69, 9.17) is 4.98 Å². The molecule has 43 heavy (non-hydrogen) atoms. The Kier molecular flexibility index (Phi) is 7.78. The molecule has 3 aliphatic heterocycles. The number of aliphatic carboxylic acids is 1. The summed E-state index contributed by atoms with van der Waals surface area (Å²) in [5, 5.41) is 9.48. The predicted molar refractivity (Wildman–Crippen MR) is 155 cm³/mol. The number of carboxylic acids is 1. The Hall–Kier alpha value is -4.09. The summed E-state index contributed by atoms with van der Waals surface area (Å²) in [5.74, 6) is -0.133. The summed E-state index contributed by atoms with van der Waals surface area (Å²) < 4.78 is 42.4. The minimum atomic E-state index is -4.78. The van der Waals surface area contributed by atoms with Gasteiger partial charge in [0.2, 0.25) is 5.95 Å². The maximum atomic E-state index is 14.1. The molecule has 9 nitrogen and oxygen atoms in total. The van der Waals surface area contributed by atoms with Crippen LogP contribution in [0.4, 0.5) is 24.9 Å². The van der Waals surface area contributed by atoms with Crippen LogP contribution in [0.2, 0.25) is 0 Å². The third-order valence-electron chi connectivity index (χ3n) is 9.16. The van der Waals surface area contributed by atoms with Crippen LogP contribution in [0.3, 0.4) is 0 Å². The van der Waals surface area contributed by atoms with Gasteiger partial charge in [-0.25, -0.2) is 9.78 Å². The number of anilines is 2. The van der Waals surface area contributed by atoms with E-state index in [1.54, 1.807) is 30.3 Å². The highest BCUT2D eigenvalue weighted by molar-refractivity contribution is 5.94. The average Bonchev–Trinajstić information content (AvgIpc) is 3.70. The Morgan fingerprint density at radius 3 is 2.47 bits per heavy atom. The number of aromatic nitrogens is 2. The fourth-order valence-electron chi connectivity index (χ4n) is 6.86. The molecule has 4 heterocycles. The van der Waals surface area contributed by atoms with Crippen LogP contribution in [-0.4, -0.2) is 88.2 Å². The number of allylic oxidation sites excluding steroid dienone is 2. The second kappa shape index (κ2) is 11.5. The van der Waals surface area contributed by atoms with Gasteiger partial charge in [0.25, 0.3) is 5.91 Å². The predicted octanol–water partition coefficient (Wildman–Crippen LogP) is 4.58. The molecule has 2 saturated heterocycles. The molecule has 1 N–H and O–H groups in total. The van der Waals surface area contributed by atoms with Crippen molar-refractivity contribution < 1.29 is 27.9 Å². The first-order valence-electron chi connectivity index (χ1n) is 14.8. The Morgan fingerprint density at radius 2 is 1.77 bits per heavy atom. The summed E-state index contributed by atoms with van der Waals surface area (Å²) in [6.45, 7) is 3.43. The summed E-state index contributed by atoms with van der Waals surface area (Å²) in [6.07, 6.45) is 5.44. The van der Waals surface area contributed by atoms with Gasteiger partial charge in [0.05, 0.1) is 11.6 Å². The lowest BCUT2D eigenvalue weighted by molar-refractivity contribution is -0.176. The van der Waals surface area contributed by atoms with E-state index >= 15 is 0 Å². The van der Waals surface area contributed by atoms with Crippen LogP contribution in [0, 0.1) is 0 Å². The Labute approximate surface area is 248 Å². The van der Waals surface area contributed by atoms with E-state index in [0.717, 1.165) is 80.2 Å². The molecule has 228 valence electrons. The number of carboxylic acid groups (broad SMARTS) is 1. The van der Waals surface area contributed by atoms with Crippen molar-refractivity contribution >= 4 is 23.6 Å². The fraction of sp³-hybridized carbons (Fsp3) is 0.484. The minimum absolute atomic E-state index is 0.00981. The van der Waals surface area contributed by atoms with Crippen molar-refractivity contribution in [1.29, 1.82) is 0 Å². The van der Waals surface area contributed by atoms with Gasteiger partial charge in [-0.05, 0) is 80.0 Å². The molecule has 0 saturated carbocycles. The summed E-state index contributed by atoms with van der Waals surface area (Å²) in [5.41, 5.74) is 1.21. The van der Waals surface area contributed by atoms with Crippen molar-refractivity contribution in [2.45, 2.75) is 62.8 Å². The lowest BCUT2D eigenvalue weighted by Gasteiger charge is -2.39. The molecule has 1 aromatic heterocycles. The lowest BCUT2D eigenvalue weighted by Crippen LogP contribution is -2.48. The smallest absolute Gasteiger partial charge is 0.413 e. The third-order valence-corrected chi connectivity index (χ3v) is 9.16. The van der Waals surface area contributed by atoms with Gasteiger partial charge in [-0.15, -0.1) is 0 Å². The van der Waals surface area contributed by atoms with Gasteiger partial charge in [-0.1, -0.05) is 6.07 Å². The maximum Gasteiger partial charge on any atom is 0.413 e. The van der Waals surface area contributed by atoms with E-state index in [0.29, 0.717) is 24.0 Å². The summed E-state index contributed by atoms with van der Waals surface area (Å²) in [7, 11) is 1.78. The number of nitrogens with zero attached hydrogens (tertiary/aromatic N) is 6. The number of alkyl halides is 3. The van der Waals surface area contributed by atoms with Crippen molar-refractivity contribution in [2.75, 3.05) is 43.0 Å². The lowest BCUT2D eigenvalue weighted by atomic mass is 9.96. The van der Waals surface area contributed by atoms with Crippen LogP contribution in [0.1, 0.15) is 59.6 Å². The van der Waals surface area contributed by atoms with Crippen LogP contribution >= 0.6 is 0 Å². The fourth-order valence-corrected chi connectivity index (χ4v) is 6.86. The molecule has 0 bridgehead atoms. The van der Waals surface area contributed by atoms with Crippen LogP contribution < -0.4 is 9.80 Å². The third kappa shape index (κ3) is 5.66. The van der Waals surface area contributed by atoms with Crippen molar-refractivity contribution in [3.63, 3.8) is 0 Å². The summed E-state index contributed by atoms with van der Waals surface area (Å²) in [4.78, 5) is 41.8. The van der Waals surface area contributed by atoms with Gasteiger partial charge in [0.1, 0.15) is 5.82 Å². The zero-order valence-electron chi connectivity index (χ0n) is 24.0. The van der Waals surface area contributed by atoms with Gasteiger partial charge in [0.15, 0.2) is 6.04 Å². The van der Waals surface area contributed by atoms with E-state index in [1.807, 2.05) is 12.1 Å². The molecule has 4 aliphatic rings. The number of carbonyl (C=O) groups excluding carboxylic acids is 1. The first kappa shape index (κ1) is 29.0. The van der Waals surface area contributed by atoms with E-state index in [2.05, 4.69) is 14.8 Å². The first-order valence-corrected chi connectivity index (χ1v) is 14.8. The van der Waals surface area contributed by atoms with Gasteiger partial charge in [-0.2, -0.15) is 18.2 Å². The highest BCUT2D eigenvalue weighted by Crippen LogP contribution is 2.43. The molecule has 6 rings (SSSR count). The largest absolute Gasteiger partial charge is 0.478 e. The Bertz CT molecular complexity index is 1450. The van der Waals surface area contributed by atoms with Crippen molar-refractivity contribution in [2.24, 2.45) is 0 Å². The molecule has 2 aromatic rings. The van der Waals surface area contributed by atoms with Gasteiger partial charge >= 0.3 is 12.1 Å². The molecule has 12 heteroatoms. The van der Waals surface area contributed by atoms with Crippen molar-refractivity contribution in [3.8, 4) is 0 Å². The summed E-state index contributed by atoms with van der Waals surface area (Å²) >= 11 is 0. The molecule has 1 amide bonds. The zero-order chi connectivity index (χ0) is 30.3. The zero-order valence-corrected chi connectivity index (χ0v) is 24.0. The van der Waals surface area contributed by atoms with E-state index in [-0.39, 0.29) is 11.9 Å². The number of piperidine rings is 1. The maximum absolute atomic E-state index is 14.1. The number of amides is 1. The summed E-state index contributed by atoms with van der Waals surface area (Å²) in [6, 6.07) is 4.23. The molecule has 0 radical (unpaired) electrons. The van der Waals surface area contributed by atoms with E-state index in [1.165, 1.54) is 12.3 Å². The molecule has 2 fully saturated rings. The molecule has 2 atom stereocenters. The average molecular weight is 597 g/mol. The number of rotatable bonds is 6. The number of carbonyl (C=O) groups is 2.